The van der Waals surface area contributed by atoms with E-state index in [4.69, 9.17) is 0 Å². The number of hydrogen-bond acceptors (Lipinski definition) is 1. The summed E-state index contributed by atoms with van der Waals surface area (Å²) in [5.74, 6) is 0. The number of hydrogen-bond donors (Lipinski definition) is 0. The molecule has 0 spiro atoms. The summed E-state index contributed by atoms with van der Waals surface area (Å²) in [6, 6.07) is 0. The Kier molecular flexibility index (Phi) is 3.78. The molecule has 11 heavy (non-hydrogen) atoms. The zero-order chi connectivity index (χ0) is 9.07. The third-order valence-electron chi connectivity index (χ3n) is 1.09. The van der Waals surface area contributed by atoms with Crippen LogP contribution in [0.3, 0.4) is 0 Å². The molecular weight excluding hydrogens is 164 g/mol. The first-order valence-corrected chi connectivity index (χ1v) is 3.22. The number of halogens is 4. The average Bonchev–Trinajstić information content (AvgIpc) is 1.79. The molecule has 0 aliphatic heterocycles. The smallest absolute Gasteiger partial charge is 0.366 e. The van der Waals surface area contributed by atoms with Crippen LogP contribution in [0.5, 0.6) is 0 Å². The van der Waals surface area contributed by atoms with Gasteiger partial charge >= 0.3 is 6.18 Å². The fourth-order valence-electron chi connectivity index (χ4n) is 0.667. The van der Waals surface area contributed by atoms with Crippen molar-refractivity contribution in [2.75, 3.05) is 6.61 Å². The summed E-state index contributed by atoms with van der Waals surface area (Å²) < 4.78 is 51.8. The Bertz CT molecular complexity index is 110. The molecule has 0 aromatic heterocycles. The van der Waals surface area contributed by atoms with Gasteiger partial charge in [0.15, 0.2) is 6.10 Å². The van der Waals surface area contributed by atoms with E-state index >= 15 is 0 Å². The Morgan fingerprint density at radius 3 is 1.91 bits per heavy atom. The lowest BCUT2D eigenvalue weighted by atomic mass is 10.2. The van der Waals surface area contributed by atoms with E-state index in [1.165, 1.54) is 6.92 Å². The minimum atomic E-state index is -4.61. The van der Waals surface area contributed by atoms with Gasteiger partial charge in [-0.1, -0.05) is 0 Å². The average molecular weight is 174 g/mol. The van der Waals surface area contributed by atoms with E-state index in [0.29, 0.717) is 0 Å². The van der Waals surface area contributed by atoms with Crippen LogP contribution in [-0.2, 0) is 4.74 Å². The molecule has 0 aliphatic rings. The highest BCUT2D eigenvalue weighted by molar-refractivity contribution is 4.73. The van der Waals surface area contributed by atoms with Crippen molar-refractivity contribution in [3.05, 3.63) is 0 Å². The van der Waals surface area contributed by atoms with Crippen molar-refractivity contribution in [2.24, 2.45) is 0 Å². The van der Waals surface area contributed by atoms with Gasteiger partial charge in [0.2, 0.25) is 0 Å². The summed E-state index contributed by atoms with van der Waals surface area (Å²) in [6.07, 6.45) is -8.91. The summed E-state index contributed by atoms with van der Waals surface area (Å²) in [7, 11) is 0. The van der Waals surface area contributed by atoms with Crippen molar-refractivity contribution in [3.8, 4) is 0 Å². The number of ether oxygens (including phenoxy) is 1. The van der Waals surface area contributed by atoms with Crippen LogP contribution in [0, 0.1) is 0 Å². The molecule has 5 heteroatoms. The van der Waals surface area contributed by atoms with Crippen molar-refractivity contribution in [2.45, 2.75) is 32.3 Å². The van der Waals surface area contributed by atoms with Crippen LogP contribution in [0.1, 0.15) is 13.8 Å². The molecule has 0 aliphatic carbocycles. The largest absolute Gasteiger partial charge is 0.417 e. The molecule has 0 radical (unpaired) electrons. The third-order valence-corrected chi connectivity index (χ3v) is 1.09. The van der Waals surface area contributed by atoms with Crippen molar-refractivity contribution in [1.82, 2.24) is 0 Å². The molecule has 0 saturated carbocycles. The third kappa shape index (κ3) is 3.55. The van der Waals surface area contributed by atoms with Crippen LogP contribution in [0.4, 0.5) is 17.6 Å². The van der Waals surface area contributed by atoms with Gasteiger partial charge in [0, 0.05) is 6.61 Å². The molecular formula is C6H10F4O. The SMILES string of the molecule is CCOC(C(C)F)C(F)(F)F. The first-order chi connectivity index (χ1) is 4.89. The maximum Gasteiger partial charge on any atom is 0.417 e. The van der Waals surface area contributed by atoms with Crippen LogP contribution < -0.4 is 0 Å². The highest BCUT2D eigenvalue weighted by atomic mass is 19.4. The van der Waals surface area contributed by atoms with Crippen LogP contribution in [0.15, 0.2) is 0 Å². The van der Waals surface area contributed by atoms with Crippen LogP contribution in [0.25, 0.3) is 0 Å². The van der Waals surface area contributed by atoms with Gasteiger partial charge in [-0.05, 0) is 13.8 Å². The monoisotopic (exact) mass is 174 g/mol. The minimum Gasteiger partial charge on any atom is -0.366 e. The molecule has 2 atom stereocenters. The first-order valence-electron chi connectivity index (χ1n) is 3.22. The van der Waals surface area contributed by atoms with Crippen molar-refractivity contribution >= 4 is 0 Å². The van der Waals surface area contributed by atoms with Crippen molar-refractivity contribution in [3.63, 3.8) is 0 Å². The fraction of sp³-hybridized carbons (Fsp3) is 1.00. The molecule has 2 unspecified atom stereocenters. The summed E-state index contributed by atoms with van der Waals surface area (Å²) in [5, 5.41) is 0. The van der Waals surface area contributed by atoms with E-state index in [1.54, 1.807) is 0 Å². The van der Waals surface area contributed by atoms with Crippen LogP contribution in [0.2, 0.25) is 0 Å². The molecule has 0 rings (SSSR count). The van der Waals surface area contributed by atoms with E-state index in [1.807, 2.05) is 0 Å². The molecule has 0 heterocycles. The van der Waals surface area contributed by atoms with E-state index in [2.05, 4.69) is 4.74 Å². The molecule has 68 valence electrons. The van der Waals surface area contributed by atoms with Gasteiger partial charge in [0.1, 0.15) is 6.17 Å². The summed E-state index contributed by atoms with van der Waals surface area (Å²) >= 11 is 0. The molecule has 0 aromatic carbocycles. The van der Waals surface area contributed by atoms with Crippen molar-refractivity contribution in [1.29, 1.82) is 0 Å². The minimum absolute atomic E-state index is 0.140. The normalized spacial score (nSPS) is 18.0. The Balaban J connectivity index is 4.10. The maximum absolute atomic E-state index is 12.2. The van der Waals surface area contributed by atoms with Crippen LogP contribution in [-0.4, -0.2) is 25.1 Å². The molecule has 0 amide bonds. The second kappa shape index (κ2) is 3.90. The number of alkyl halides is 4. The van der Waals surface area contributed by atoms with Gasteiger partial charge in [-0.25, -0.2) is 4.39 Å². The van der Waals surface area contributed by atoms with E-state index in [0.717, 1.165) is 6.92 Å². The van der Waals surface area contributed by atoms with Gasteiger partial charge in [-0.2, -0.15) is 13.2 Å². The summed E-state index contributed by atoms with van der Waals surface area (Å²) in [6.45, 7) is 2.08. The van der Waals surface area contributed by atoms with Gasteiger partial charge in [0.05, 0.1) is 0 Å². The highest BCUT2D eigenvalue weighted by Crippen LogP contribution is 2.26. The Morgan fingerprint density at radius 1 is 1.36 bits per heavy atom. The fourth-order valence-corrected chi connectivity index (χ4v) is 0.667. The van der Waals surface area contributed by atoms with Crippen LogP contribution >= 0.6 is 0 Å². The highest BCUT2D eigenvalue weighted by Gasteiger charge is 2.44. The standard InChI is InChI=1S/C6H10F4O/c1-3-11-5(4(2)7)6(8,9)10/h4-5H,3H2,1-2H3. The molecule has 0 bridgehead atoms. The van der Waals surface area contributed by atoms with E-state index in [-0.39, 0.29) is 6.61 Å². The molecule has 0 aromatic rings. The lowest BCUT2D eigenvalue weighted by Crippen LogP contribution is -2.38. The zero-order valence-electron chi connectivity index (χ0n) is 6.28. The predicted octanol–water partition coefficient (Wildman–Crippen LogP) is 2.31. The molecule has 1 nitrogen and oxygen atoms in total. The Morgan fingerprint density at radius 2 is 1.82 bits per heavy atom. The summed E-state index contributed by atoms with van der Waals surface area (Å²) in [4.78, 5) is 0. The first kappa shape index (κ1) is 10.7. The second-order valence-electron chi connectivity index (χ2n) is 2.10. The topological polar surface area (TPSA) is 9.23 Å². The zero-order valence-corrected chi connectivity index (χ0v) is 6.28. The van der Waals surface area contributed by atoms with E-state index in [9.17, 15) is 17.6 Å². The summed E-state index contributed by atoms with van der Waals surface area (Å²) in [5.41, 5.74) is 0. The van der Waals surface area contributed by atoms with Gasteiger partial charge in [-0.3, -0.25) is 0 Å². The Labute approximate surface area is 62.3 Å². The van der Waals surface area contributed by atoms with E-state index < -0.39 is 18.5 Å². The van der Waals surface area contributed by atoms with Crippen molar-refractivity contribution < 1.29 is 22.3 Å². The second-order valence-corrected chi connectivity index (χ2v) is 2.10. The van der Waals surface area contributed by atoms with Gasteiger partial charge in [-0.15, -0.1) is 0 Å². The predicted molar refractivity (Wildman–Crippen MR) is 32.0 cm³/mol. The lowest BCUT2D eigenvalue weighted by molar-refractivity contribution is -0.234. The maximum atomic E-state index is 12.2. The Hall–Kier alpha value is -0.320. The number of rotatable bonds is 3. The van der Waals surface area contributed by atoms with Gasteiger partial charge in [0.25, 0.3) is 0 Å². The molecule has 0 saturated heterocycles. The lowest BCUT2D eigenvalue weighted by Gasteiger charge is -2.20. The molecule has 0 N–H and O–H groups in total. The van der Waals surface area contributed by atoms with Gasteiger partial charge < -0.3 is 4.74 Å². The quantitative estimate of drug-likeness (QED) is 0.596. The molecule has 0 fully saturated rings.